The molecule has 20 heavy (non-hydrogen) atoms. The van der Waals surface area contributed by atoms with E-state index in [2.05, 4.69) is 4.74 Å². The summed E-state index contributed by atoms with van der Waals surface area (Å²) in [6, 6.07) is 6.38. The first-order valence-corrected chi connectivity index (χ1v) is 6.38. The van der Waals surface area contributed by atoms with Crippen LogP contribution in [0.25, 0.3) is 0 Å². The van der Waals surface area contributed by atoms with Crippen LogP contribution in [-0.2, 0) is 19.1 Å². The van der Waals surface area contributed by atoms with Gasteiger partial charge in [-0.3, -0.25) is 14.4 Å². The van der Waals surface area contributed by atoms with Crippen molar-refractivity contribution in [3.05, 3.63) is 34.9 Å². The summed E-state index contributed by atoms with van der Waals surface area (Å²) in [4.78, 5) is 34.4. The first-order chi connectivity index (χ1) is 9.43. The number of esters is 2. The molecule has 0 aliphatic heterocycles. The Kier molecular flexibility index (Phi) is 6.18. The summed E-state index contributed by atoms with van der Waals surface area (Å²) in [5, 5.41) is 0.431. The first-order valence-electron chi connectivity index (χ1n) is 6.00. The number of halogens is 1. The predicted molar refractivity (Wildman–Crippen MR) is 72.6 cm³/mol. The molecule has 1 aromatic rings. The third-order valence-electron chi connectivity index (χ3n) is 2.55. The van der Waals surface area contributed by atoms with Crippen LogP contribution in [-0.4, -0.2) is 30.9 Å². The third-order valence-corrected chi connectivity index (χ3v) is 2.78. The standard InChI is InChI=1S/C14H15ClO5/c1-9(20-13(17)7-6-12(16)19-2)14(18)10-4-3-5-11(15)8-10/h3-5,8-9H,6-7H2,1-2H3. The van der Waals surface area contributed by atoms with E-state index < -0.39 is 18.0 Å². The van der Waals surface area contributed by atoms with Gasteiger partial charge < -0.3 is 9.47 Å². The van der Waals surface area contributed by atoms with Crippen LogP contribution in [0.5, 0.6) is 0 Å². The molecule has 0 heterocycles. The van der Waals surface area contributed by atoms with E-state index in [4.69, 9.17) is 16.3 Å². The second kappa shape index (κ2) is 7.65. The molecule has 0 radical (unpaired) electrons. The number of methoxy groups -OCH3 is 1. The highest BCUT2D eigenvalue weighted by atomic mass is 35.5. The fourth-order valence-electron chi connectivity index (χ4n) is 1.49. The van der Waals surface area contributed by atoms with Crippen molar-refractivity contribution in [3.63, 3.8) is 0 Å². The van der Waals surface area contributed by atoms with Gasteiger partial charge in [0.15, 0.2) is 6.10 Å². The maximum absolute atomic E-state index is 12.0. The fourth-order valence-corrected chi connectivity index (χ4v) is 1.68. The Balaban J connectivity index is 2.53. The van der Waals surface area contributed by atoms with Crippen LogP contribution in [0, 0.1) is 0 Å². The summed E-state index contributed by atoms with van der Waals surface area (Å²) in [6.07, 6.45) is -1.13. The molecule has 0 amide bonds. The van der Waals surface area contributed by atoms with E-state index in [1.54, 1.807) is 18.2 Å². The van der Waals surface area contributed by atoms with E-state index in [-0.39, 0.29) is 18.6 Å². The molecule has 5 nitrogen and oxygen atoms in total. The number of Topliss-reactive ketones (excluding diaryl/α,β-unsaturated/α-hetero) is 1. The molecule has 0 aromatic heterocycles. The lowest BCUT2D eigenvalue weighted by Gasteiger charge is -2.12. The largest absolute Gasteiger partial charge is 0.469 e. The van der Waals surface area contributed by atoms with E-state index in [1.165, 1.54) is 20.1 Å². The number of ketones is 1. The molecule has 0 bridgehead atoms. The van der Waals surface area contributed by atoms with Gasteiger partial charge in [-0.15, -0.1) is 0 Å². The summed E-state index contributed by atoms with van der Waals surface area (Å²) >= 11 is 5.79. The summed E-state index contributed by atoms with van der Waals surface area (Å²) in [5.74, 6) is -1.48. The van der Waals surface area contributed by atoms with Crippen LogP contribution >= 0.6 is 11.6 Å². The number of carbonyl (C=O) groups excluding carboxylic acids is 3. The molecule has 0 fully saturated rings. The van der Waals surface area contributed by atoms with Gasteiger partial charge in [-0.25, -0.2) is 0 Å². The van der Waals surface area contributed by atoms with E-state index in [0.717, 1.165) is 0 Å². The number of carbonyl (C=O) groups is 3. The molecule has 1 rings (SSSR count). The zero-order valence-corrected chi connectivity index (χ0v) is 12.0. The Bertz CT molecular complexity index is 512. The second-order valence-electron chi connectivity index (χ2n) is 4.08. The zero-order valence-electron chi connectivity index (χ0n) is 11.2. The van der Waals surface area contributed by atoms with Crippen molar-refractivity contribution >= 4 is 29.3 Å². The Morgan fingerprint density at radius 1 is 1.20 bits per heavy atom. The Hall–Kier alpha value is -1.88. The molecule has 0 saturated carbocycles. The number of ether oxygens (including phenoxy) is 2. The summed E-state index contributed by atoms with van der Waals surface area (Å²) in [6.45, 7) is 1.47. The monoisotopic (exact) mass is 298 g/mol. The van der Waals surface area contributed by atoms with Gasteiger partial charge in [0, 0.05) is 10.6 Å². The lowest BCUT2D eigenvalue weighted by atomic mass is 10.1. The van der Waals surface area contributed by atoms with Crippen molar-refractivity contribution in [3.8, 4) is 0 Å². The number of rotatable bonds is 6. The number of hydrogen-bond donors (Lipinski definition) is 0. The molecule has 0 aliphatic carbocycles. The lowest BCUT2D eigenvalue weighted by molar-refractivity contribution is -0.150. The van der Waals surface area contributed by atoms with Crippen LogP contribution in [0.4, 0.5) is 0 Å². The van der Waals surface area contributed by atoms with Gasteiger partial charge >= 0.3 is 11.9 Å². The van der Waals surface area contributed by atoms with Gasteiger partial charge in [0.05, 0.1) is 20.0 Å². The minimum atomic E-state index is -0.932. The highest BCUT2D eigenvalue weighted by Gasteiger charge is 2.20. The summed E-state index contributed by atoms with van der Waals surface area (Å²) in [7, 11) is 1.24. The second-order valence-corrected chi connectivity index (χ2v) is 4.52. The van der Waals surface area contributed by atoms with Crippen molar-refractivity contribution in [2.24, 2.45) is 0 Å². The summed E-state index contributed by atoms with van der Waals surface area (Å²) in [5.41, 5.74) is 0.366. The minimum absolute atomic E-state index is 0.0760. The zero-order chi connectivity index (χ0) is 15.1. The predicted octanol–water partition coefficient (Wildman–Crippen LogP) is 2.41. The third kappa shape index (κ3) is 5.01. The average molecular weight is 299 g/mol. The number of benzene rings is 1. The molecule has 0 aliphatic rings. The highest BCUT2D eigenvalue weighted by Crippen LogP contribution is 2.14. The molecular weight excluding hydrogens is 284 g/mol. The maximum atomic E-state index is 12.0. The quantitative estimate of drug-likeness (QED) is 0.596. The van der Waals surface area contributed by atoms with Gasteiger partial charge in [-0.05, 0) is 19.1 Å². The normalized spacial score (nSPS) is 11.6. The van der Waals surface area contributed by atoms with Crippen LogP contribution in [0.3, 0.4) is 0 Å². The van der Waals surface area contributed by atoms with Crippen molar-refractivity contribution in [1.29, 1.82) is 0 Å². The van der Waals surface area contributed by atoms with Gasteiger partial charge in [-0.1, -0.05) is 23.7 Å². The highest BCUT2D eigenvalue weighted by molar-refractivity contribution is 6.31. The van der Waals surface area contributed by atoms with Gasteiger partial charge in [0.25, 0.3) is 0 Å². The van der Waals surface area contributed by atoms with Gasteiger partial charge in [0.2, 0.25) is 5.78 Å². The fraction of sp³-hybridized carbons (Fsp3) is 0.357. The average Bonchev–Trinajstić information content (AvgIpc) is 2.43. The molecule has 1 aromatic carbocycles. The molecule has 0 N–H and O–H groups in total. The SMILES string of the molecule is COC(=O)CCC(=O)OC(C)C(=O)c1cccc(Cl)c1. The van der Waals surface area contributed by atoms with Crippen LogP contribution in [0.2, 0.25) is 5.02 Å². The summed E-state index contributed by atoms with van der Waals surface area (Å²) < 4.78 is 9.37. The molecule has 1 atom stereocenters. The molecule has 108 valence electrons. The molecule has 0 saturated heterocycles. The van der Waals surface area contributed by atoms with Crippen LogP contribution in [0.1, 0.15) is 30.1 Å². The van der Waals surface area contributed by atoms with Crippen molar-refractivity contribution in [2.45, 2.75) is 25.9 Å². The van der Waals surface area contributed by atoms with E-state index >= 15 is 0 Å². The maximum Gasteiger partial charge on any atom is 0.307 e. The first kappa shape index (κ1) is 16.2. The minimum Gasteiger partial charge on any atom is -0.469 e. The van der Waals surface area contributed by atoms with Gasteiger partial charge in [0.1, 0.15) is 0 Å². The molecule has 6 heteroatoms. The Morgan fingerprint density at radius 3 is 2.45 bits per heavy atom. The van der Waals surface area contributed by atoms with E-state index in [1.807, 2.05) is 0 Å². The molecule has 0 spiro atoms. The van der Waals surface area contributed by atoms with E-state index in [9.17, 15) is 14.4 Å². The smallest absolute Gasteiger partial charge is 0.307 e. The lowest BCUT2D eigenvalue weighted by Crippen LogP contribution is -2.24. The van der Waals surface area contributed by atoms with E-state index in [0.29, 0.717) is 10.6 Å². The van der Waals surface area contributed by atoms with Crippen molar-refractivity contribution in [1.82, 2.24) is 0 Å². The Labute approximate surface area is 121 Å². The topological polar surface area (TPSA) is 69.7 Å². The van der Waals surface area contributed by atoms with Crippen LogP contribution in [0.15, 0.2) is 24.3 Å². The molecular formula is C14H15ClO5. The van der Waals surface area contributed by atoms with Gasteiger partial charge in [-0.2, -0.15) is 0 Å². The van der Waals surface area contributed by atoms with Crippen molar-refractivity contribution < 1.29 is 23.9 Å². The number of hydrogen-bond acceptors (Lipinski definition) is 5. The molecule has 1 unspecified atom stereocenters. The van der Waals surface area contributed by atoms with Crippen LogP contribution < -0.4 is 0 Å². The van der Waals surface area contributed by atoms with Crippen molar-refractivity contribution in [2.75, 3.05) is 7.11 Å². The Morgan fingerprint density at radius 2 is 1.85 bits per heavy atom.